The molecule has 0 aliphatic rings. The van der Waals surface area contributed by atoms with Crippen LogP contribution in [0.1, 0.15) is 29.0 Å². The molecule has 27 heavy (non-hydrogen) atoms. The van der Waals surface area contributed by atoms with Gasteiger partial charge in [-0.1, -0.05) is 24.3 Å². The van der Waals surface area contributed by atoms with Crippen LogP contribution >= 0.6 is 0 Å². The van der Waals surface area contributed by atoms with Crippen LogP contribution in [0.5, 0.6) is 11.5 Å². The molecule has 1 aromatic heterocycles. The second-order valence-corrected chi connectivity index (χ2v) is 5.77. The Morgan fingerprint density at radius 1 is 1.07 bits per heavy atom. The summed E-state index contributed by atoms with van der Waals surface area (Å²) in [6, 6.07) is 16.7. The number of hydrogen-bond donors (Lipinski definition) is 1. The molecule has 0 bridgehead atoms. The Balaban J connectivity index is 1.69. The van der Waals surface area contributed by atoms with Crippen molar-refractivity contribution in [3.05, 3.63) is 77.7 Å². The second kappa shape index (κ2) is 8.27. The van der Waals surface area contributed by atoms with Gasteiger partial charge in [0.2, 0.25) is 0 Å². The number of benzene rings is 2. The molecule has 0 amide bonds. The zero-order chi connectivity index (χ0) is 19.2. The number of ether oxygens (including phenoxy) is 2. The molecular formula is C20H18FN3O3. The topological polar surface area (TPSA) is 73.3 Å². The Bertz CT molecular complexity index is 918. The van der Waals surface area contributed by atoms with Crippen LogP contribution in [0.4, 0.5) is 10.2 Å². The number of methoxy groups -OCH3 is 1. The van der Waals surface area contributed by atoms with E-state index in [1.165, 1.54) is 19.2 Å². The highest BCUT2D eigenvalue weighted by Crippen LogP contribution is 2.27. The van der Waals surface area contributed by atoms with E-state index in [4.69, 9.17) is 4.74 Å². The van der Waals surface area contributed by atoms with E-state index in [1.807, 2.05) is 25.1 Å². The minimum absolute atomic E-state index is 0.115. The van der Waals surface area contributed by atoms with E-state index < -0.39 is 11.8 Å². The molecular weight excluding hydrogens is 349 g/mol. The van der Waals surface area contributed by atoms with E-state index >= 15 is 0 Å². The van der Waals surface area contributed by atoms with Gasteiger partial charge in [0.05, 0.1) is 13.2 Å². The number of aromatic nitrogens is 2. The van der Waals surface area contributed by atoms with E-state index in [-0.39, 0.29) is 17.5 Å². The summed E-state index contributed by atoms with van der Waals surface area (Å²) >= 11 is 0. The molecule has 2 aromatic carbocycles. The molecule has 3 rings (SSSR count). The number of hydrogen-bond acceptors (Lipinski definition) is 6. The summed E-state index contributed by atoms with van der Waals surface area (Å²) in [5.41, 5.74) is 0.830. The molecule has 0 fully saturated rings. The first-order chi connectivity index (χ1) is 13.1. The number of esters is 1. The van der Waals surface area contributed by atoms with E-state index in [0.29, 0.717) is 17.1 Å². The Morgan fingerprint density at radius 2 is 1.85 bits per heavy atom. The molecule has 0 spiro atoms. The highest BCUT2D eigenvalue weighted by molar-refractivity contribution is 5.86. The maximum absolute atomic E-state index is 14.4. The Labute approximate surface area is 156 Å². The fourth-order valence-corrected chi connectivity index (χ4v) is 2.41. The van der Waals surface area contributed by atoms with Gasteiger partial charge in [-0.25, -0.2) is 9.18 Å². The maximum atomic E-state index is 14.4. The van der Waals surface area contributed by atoms with Crippen LogP contribution in [-0.2, 0) is 4.74 Å². The van der Waals surface area contributed by atoms with Crippen molar-refractivity contribution < 1.29 is 18.7 Å². The lowest BCUT2D eigenvalue weighted by Crippen LogP contribution is -2.11. The molecule has 138 valence electrons. The lowest BCUT2D eigenvalue weighted by molar-refractivity contribution is 0.0592. The highest BCUT2D eigenvalue weighted by atomic mass is 19.1. The molecule has 0 saturated carbocycles. The Hall–Kier alpha value is -3.48. The highest BCUT2D eigenvalue weighted by Gasteiger charge is 2.13. The minimum atomic E-state index is -0.557. The van der Waals surface area contributed by atoms with Gasteiger partial charge in [0.1, 0.15) is 11.6 Å². The van der Waals surface area contributed by atoms with Crippen molar-refractivity contribution in [3.63, 3.8) is 0 Å². The van der Waals surface area contributed by atoms with Crippen molar-refractivity contribution in [1.82, 2.24) is 10.2 Å². The summed E-state index contributed by atoms with van der Waals surface area (Å²) in [6.07, 6.45) is 0. The third-order valence-corrected chi connectivity index (χ3v) is 3.85. The molecule has 0 radical (unpaired) electrons. The van der Waals surface area contributed by atoms with Gasteiger partial charge in [-0.3, -0.25) is 0 Å². The summed E-state index contributed by atoms with van der Waals surface area (Å²) in [5.74, 6) is 0.158. The zero-order valence-electron chi connectivity index (χ0n) is 14.8. The summed E-state index contributed by atoms with van der Waals surface area (Å²) in [5, 5.41) is 10.8. The summed E-state index contributed by atoms with van der Waals surface area (Å²) < 4.78 is 24.5. The van der Waals surface area contributed by atoms with Crippen molar-refractivity contribution in [3.8, 4) is 11.5 Å². The monoisotopic (exact) mass is 367 g/mol. The molecule has 1 atom stereocenters. The average molecular weight is 367 g/mol. The van der Waals surface area contributed by atoms with E-state index in [1.54, 1.807) is 30.3 Å². The number of carbonyl (C=O) groups is 1. The SMILES string of the molecule is COC(=O)c1ccc(N[C@@H](C)c2ccc(Oc3ccccc3)c(F)c2)nn1. The first kappa shape index (κ1) is 18.3. The first-order valence-corrected chi connectivity index (χ1v) is 8.28. The predicted octanol–water partition coefficient (Wildman–Crippen LogP) is 4.37. The van der Waals surface area contributed by atoms with Gasteiger partial charge in [0.25, 0.3) is 0 Å². The molecule has 1 N–H and O–H groups in total. The molecule has 0 saturated heterocycles. The van der Waals surface area contributed by atoms with Crippen molar-refractivity contribution in [2.45, 2.75) is 13.0 Å². The second-order valence-electron chi connectivity index (χ2n) is 5.77. The molecule has 7 heteroatoms. The minimum Gasteiger partial charge on any atom is -0.464 e. The number of carbonyl (C=O) groups excluding carboxylic acids is 1. The maximum Gasteiger partial charge on any atom is 0.358 e. The number of para-hydroxylation sites is 1. The van der Waals surface area contributed by atoms with Gasteiger partial charge >= 0.3 is 5.97 Å². The van der Waals surface area contributed by atoms with Crippen LogP contribution in [0.15, 0.2) is 60.7 Å². The Morgan fingerprint density at radius 3 is 2.48 bits per heavy atom. The van der Waals surface area contributed by atoms with Crippen molar-refractivity contribution in [2.75, 3.05) is 12.4 Å². The fraction of sp³-hybridized carbons (Fsp3) is 0.150. The summed E-state index contributed by atoms with van der Waals surface area (Å²) in [6.45, 7) is 1.86. The lowest BCUT2D eigenvalue weighted by Gasteiger charge is -2.16. The van der Waals surface area contributed by atoms with Crippen LogP contribution in [0.3, 0.4) is 0 Å². The van der Waals surface area contributed by atoms with Crippen molar-refractivity contribution in [1.29, 1.82) is 0 Å². The molecule has 1 heterocycles. The molecule has 0 aliphatic carbocycles. The fourth-order valence-electron chi connectivity index (χ4n) is 2.41. The van der Waals surface area contributed by atoms with Crippen molar-refractivity contribution >= 4 is 11.8 Å². The number of anilines is 1. The van der Waals surface area contributed by atoms with Gasteiger partial charge < -0.3 is 14.8 Å². The quantitative estimate of drug-likeness (QED) is 0.652. The van der Waals surface area contributed by atoms with Gasteiger partial charge in [-0.15, -0.1) is 10.2 Å². The Kier molecular flexibility index (Phi) is 5.61. The van der Waals surface area contributed by atoms with E-state index in [2.05, 4.69) is 20.3 Å². The van der Waals surface area contributed by atoms with Gasteiger partial charge in [0.15, 0.2) is 17.3 Å². The van der Waals surface area contributed by atoms with Crippen LogP contribution in [0.25, 0.3) is 0 Å². The molecule has 3 aromatic rings. The van der Waals surface area contributed by atoms with Crippen molar-refractivity contribution in [2.24, 2.45) is 0 Å². The van der Waals surface area contributed by atoms with Crippen LogP contribution in [0, 0.1) is 5.82 Å². The summed E-state index contributed by atoms with van der Waals surface area (Å²) in [7, 11) is 1.28. The molecule has 0 aliphatic heterocycles. The van der Waals surface area contributed by atoms with Crippen LogP contribution in [-0.4, -0.2) is 23.3 Å². The molecule has 6 nitrogen and oxygen atoms in total. The zero-order valence-corrected chi connectivity index (χ0v) is 14.8. The largest absolute Gasteiger partial charge is 0.464 e. The van der Waals surface area contributed by atoms with Crippen LogP contribution in [0.2, 0.25) is 0 Å². The van der Waals surface area contributed by atoms with Crippen LogP contribution < -0.4 is 10.1 Å². The standard InChI is InChI=1S/C20H18FN3O3/c1-13(22-19-11-9-17(23-24-19)20(25)26-2)14-8-10-18(16(21)12-14)27-15-6-4-3-5-7-15/h3-13H,1-2H3,(H,22,24)/t13-/m0/s1. The van der Waals surface area contributed by atoms with Gasteiger partial charge in [0, 0.05) is 0 Å². The first-order valence-electron chi connectivity index (χ1n) is 8.28. The van der Waals surface area contributed by atoms with Gasteiger partial charge in [-0.2, -0.15) is 0 Å². The predicted molar refractivity (Wildman–Crippen MR) is 98.3 cm³/mol. The number of rotatable bonds is 6. The number of nitrogens with zero attached hydrogens (tertiary/aromatic N) is 2. The van der Waals surface area contributed by atoms with Gasteiger partial charge in [-0.05, 0) is 48.9 Å². The lowest BCUT2D eigenvalue weighted by atomic mass is 10.1. The summed E-state index contributed by atoms with van der Waals surface area (Å²) in [4.78, 5) is 11.4. The normalized spacial score (nSPS) is 11.5. The third kappa shape index (κ3) is 4.58. The average Bonchev–Trinajstić information content (AvgIpc) is 2.70. The molecule has 0 unspecified atom stereocenters. The number of nitrogens with one attached hydrogen (secondary N) is 1. The van der Waals surface area contributed by atoms with E-state index in [9.17, 15) is 9.18 Å². The smallest absolute Gasteiger partial charge is 0.358 e. The number of halogens is 1. The third-order valence-electron chi connectivity index (χ3n) is 3.85. The van der Waals surface area contributed by atoms with E-state index in [0.717, 1.165) is 0 Å².